The summed E-state index contributed by atoms with van der Waals surface area (Å²) in [5.74, 6) is 1.47. The summed E-state index contributed by atoms with van der Waals surface area (Å²) < 4.78 is 12.9. The van der Waals surface area contributed by atoms with E-state index in [1.54, 1.807) is 12.3 Å². The third-order valence-corrected chi connectivity index (χ3v) is 4.93. The van der Waals surface area contributed by atoms with Gasteiger partial charge in [-0.15, -0.1) is 0 Å². The molecule has 144 valence electrons. The second kappa shape index (κ2) is 7.31. The molecule has 1 aliphatic rings. The molecule has 3 heterocycles. The minimum Gasteiger partial charge on any atom is -0.454 e. The Morgan fingerprint density at radius 2 is 1.97 bits per heavy atom. The Hall–Kier alpha value is -3.80. The Bertz CT molecular complexity index is 1200. The zero-order valence-electron chi connectivity index (χ0n) is 15.7. The Kier molecular flexibility index (Phi) is 4.37. The number of fused-ring (bicyclic) bond motifs is 2. The summed E-state index contributed by atoms with van der Waals surface area (Å²) in [6.07, 6.45) is 5.79. The molecule has 29 heavy (non-hydrogen) atoms. The number of carbonyl (C=O) groups excluding carboxylic acids is 1. The van der Waals surface area contributed by atoms with Crippen molar-refractivity contribution in [2.24, 2.45) is 0 Å². The number of rotatable bonds is 5. The maximum absolute atomic E-state index is 12.5. The smallest absolute Gasteiger partial charge is 0.251 e. The zero-order valence-corrected chi connectivity index (χ0v) is 15.7. The lowest BCUT2D eigenvalue weighted by Gasteiger charge is -2.06. The lowest BCUT2D eigenvalue weighted by molar-refractivity contribution is 0.0951. The van der Waals surface area contributed by atoms with Crippen molar-refractivity contribution in [2.45, 2.75) is 13.1 Å². The van der Waals surface area contributed by atoms with Gasteiger partial charge in [-0.25, -0.2) is 0 Å². The Morgan fingerprint density at radius 1 is 1.03 bits per heavy atom. The molecule has 4 aromatic rings. The molecule has 2 aromatic carbocycles. The van der Waals surface area contributed by atoms with E-state index in [1.807, 2.05) is 60.9 Å². The molecule has 5 rings (SSSR count). The molecular formula is C23H19N3O3. The number of aromatic nitrogens is 2. The van der Waals surface area contributed by atoms with Crippen molar-refractivity contribution in [3.8, 4) is 11.5 Å². The molecule has 0 fully saturated rings. The van der Waals surface area contributed by atoms with E-state index in [9.17, 15) is 4.79 Å². The van der Waals surface area contributed by atoms with Gasteiger partial charge in [0.05, 0.1) is 5.52 Å². The second-order valence-electron chi connectivity index (χ2n) is 6.97. The fourth-order valence-corrected chi connectivity index (χ4v) is 3.44. The second-order valence-corrected chi connectivity index (χ2v) is 6.97. The molecule has 0 radical (unpaired) electrons. The molecule has 2 aromatic heterocycles. The van der Waals surface area contributed by atoms with E-state index >= 15 is 0 Å². The lowest BCUT2D eigenvalue weighted by Crippen LogP contribution is -2.22. The summed E-state index contributed by atoms with van der Waals surface area (Å²) in [4.78, 5) is 16.8. The van der Waals surface area contributed by atoms with E-state index in [-0.39, 0.29) is 12.7 Å². The molecule has 1 amide bonds. The minimum absolute atomic E-state index is 0.0979. The van der Waals surface area contributed by atoms with Gasteiger partial charge in [-0.2, -0.15) is 0 Å². The molecule has 0 bridgehead atoms. The van der Waals surface area contributed by atoms with Crippen LogP contribution in [0, 0.1) is 0 Å². The van der Waals surface area contributed by atoms with Crippen LogP contribution in [0.1, 0.15) is 21.5 Å². The van der Waals surface area contributed by atoms with Crippen molar-refractivity contribution in [2.75, 3.05) is 6.79 Å². The van der Waals surface area contributed by atoms with E-state index in [1.165, 1.54) is 0 Å². The van der Waals surface area contributed by atoms with Crippen LogP contribution in [0.15, 0.2) is 73.2 Å². The molecule has 0 spiro atoms. The van der Waals surface area contributed by atoms with Crippen molar-refractivity contribution in [3.05, 3.63) is 89.9 Å². The van der Waals surface area contributed by atoms with E-state index in [0.717, 1.165) is 40.1 Å². The molecule has 0 aliphatic carbocycles. The zero-order chi connectivity index (χ0) is 19.6. The Morgan fingerprint density at radius 3 is 2.93 bits per heavy atom. The van der Waals surface area contributed by atoms with Gasteiger partial charge in [-0.3, -0.25) is 9.78 Å². The number of hydrogen-bond acceptors (Lipinski definition) is 4. The molecule has 0 saturated heterocycles. The molecule has 0 saturated carbocycles. The van der Waals surface area contributed by atoms with Crippen LogP contribution in [0.5, 0.6) is 11.5 Å². The van der Waals surface area contributed by atoms with Crippen LogP contribution in [0.25, 0.3) is 10.9 Å². The van der Waals surface area contributed by atoms with Gasteiger partial charge >= 0.3 is 0 Å². The van der Waals surface area contributed by atoms with E-state index in [4.69, 9.17) is 9.47 Å². The van der Waals surface area contributed by atoms with E-state index < -0.39 is 0 Å². The van der Waals surface area contributed by atoms with Crippen molar-refractivity contribution >= 4 is 16.8 Å². The maximum atomic E-state index is 12.5. The van der Waals surface area contributed by atoms with Crippen LogP contribution in [-0.4, -0.2) is 22.3 Å². The van der Waals surface area contributed by atoms with Crippen LogP contribution < -0.4 is 14.8 Å². The van der Waals surface area contributed by atoms with Crippen LogP contribution in [0.3, 0.4) is 0 Å². The summed E-state index contributed by atoms with van der Waals surface area (Å²) in [7, 11) is 0. The highest BCUT2D eigenvalue weighted by Crippen LogP contribution is 2.32. The monoisotopic (exact) mass is 385 g/mol. The summed E-state index contributed by atoms with van der Waals surface area (Å²) >= 11 is 0. The highest BCUT2D eigenvalue weighted by Gasteiger charge is 2.13. The Labute approximate surface area is 167 Å². The number of carbonyl (C=O) groups is 1. The van der Waals surface area contributed by atoms with Gasteiger partial charge in [0, 0.05) is 42.6 Å². The number of nitrogens with one attached hydrogen (secondary N) is 1. The predicted octanol–water partition coefficient (Wildman–Crippen LogP) is 3.74. The number of nitrogens with zero attached hydrogens (tertiary/aromatic N) is 2. The van der Waals surface area contributed by atoms with E-state index in [0.29, 0.717) is 12.1 Å². The van der Waals surface area contributed by atoms with Gasteiger partial charge in [-0.1, -0.05) is 12.1 Å². The van der Waals surface area contributed by atoms with Crippen LogP contribution in [-0.2, 0) is 13.1 Å². The van der Waals surface area contributed by atoms with Gasteiger partial charge in [0.1, 0.15) is 0 Å². The summed E-state index contributed by atoms with van der Waals surface area (Å²) in [5.41, 5.74) is 3.68. The van der Waals surface area contributed by atoms with Gasteiger partial charge in [-0.05, 0) is 53.6 Å². The molecule has 6 nitrogen and oxygen atoms in total. The van der Waals surface area contributed by atoms with Gasteiger partial charge in [0.25, 0.3) is 5.91 Å². The van der Waals surface area contributed by atoms with Crippen LogP contribution in [0.2, 0.25) is 0 Å². The first kappa shape index (κ1) is 17.3. The van der Waals surface area contributed by atoms with Crippen LogP contribution in [0.4, 0.5) is 0 Å². The van der Waals surface area contributed by atoms with Crippen LogP contribution >= 0.6 is 0 Å². The highest BCUT2D eigenvalue weighted by atomic mass is 16.7. The average Bonchev–Trinajstić information content (AvgIpc) is 3.40. The van der Waals surface area contributed by atoms with E-state index in [2.05, 4.69) is 14.9 Å². The predicted molar refractivity (Wildman–Crippen MR) is 109 cm³/mol. The Balaban J connectivity index is 1.22. The normalized spacial score (nSPS) is 12.3. The summed E-state index contributed by atoms with van der Waals surface area (Å²) in [5, 5.41) is 3.94. The lowest BCUT2D eigenvalue weighted by atomic mass is 10.1. The molecular weight excluding hydrogens is 366 g/mol. The third-order valence-electron chi connectivity index (χ3n) is 4.93. The SMILES string of the molecule is O=C(NCc1ccn(Cc2ccc3c(c2)OCO3)c1)c1ccc2ncccc2c1. The number of ether oxygens (including phenoxy) is 2. The van der Waals surface area contributed by atoms with Gasteiger partial charge in [0.15, 0.2) is 11.5 Å². The maximum Gasteiger partial charge on any atom is 0.251 e. The molecule has 1 aliphatic heterocycles. The highest BCUT2D eigenvalue weighted by molar-refractivity contribution is 5.97. The first-order valence-corrected chi connectivity index (χ1v) is 9.41. The van der Waals surface area contributed by atoms with Crippen molar-refractivity contribution in [1.82, 2.24) is 14.9 Å². The van der Waals surface area contributed by atoms with Crippen molar-refractivity contribution in [3.63, 3.8) is 0 Å². The summed E-state index contributed by atoms with van der Waals surface area (Å²) in [6.45, 7) is 1.47. The quantitative estimate of drug-likeness (QED) is 0.568. The first-order valence-electron chi connectivity index (χ1n) is 9.41. The minimum atomic E-state index is -0.0979. The van der Waals surface area contributed by atoms with Crippen molar-refractivity contribution < 1.29 is 14.3 Å². The molecule has 0 unspecified atom stereocenters. The fraction of sp³-hybridized carbons (Fsp3) is 0.130. The topological polar surface area (TPSA) is 65.4 Å². The fourth-order valence-electron chi connectivity index (χ4n) is 3.44. The molecule has 0 atom stereocenters. The summed E-state index contributed by atoms with van der Waals surface area (Å²) in [6, 6.07) is 17.3. The molecule has 1 N–H and O–H groups in total. The standard InChI is InChI=1S/C23H19N3O3/c27-23(19-4-5-20-18(11-19)2-1-8-24-20)25-12-17-7-9-26(14-17)13-16-3-6-21-22(10-16)29-15-28-21/h1-11,14H,12-13,15H2,(H,25,27). The third kappa shape index (κ3) is 3.65. The number of pyridine rings is 1. The van der Waals surface area contributed by atoms with Gasteiger partial charge in [0.2, 0.25) is 6.79 Å². The van der Waals surface area contributed by atoms with Gasteiger partial charge < -0.3 is 19.4 Å². The number of benzene rings is 2. The van der Waals surface area contributed by atoms with Crippen molar-refractivity contribution in [1.29, 1.82) is 0 Å². The first-order chi connectivity index (χ1) is 14.2. The largest absolute Gasteiger partial charge is 0.454 e. The number of amides is 1. The molecule has 6 heteroatoms. The number of hydrogen-bond donors (Lipinski definition) is 1. The average molecular weight is 385 g/mol.